The van der Waals surface area contributed by atoms with Crippen LogP contribution >= 0.6 is 0 Å². The number of fused-ring (bicyclic) bond motifs is 1. The van der Waals surface area contributed by atoms with Crippen LogP contribution in [0.1, 0.15) is 38.3 Å². The second-order valence-electron chi connectivity index (χ2n) is 7.90. The monoisotopic (exact) mass is 387 g/mol. The highest BCUT2D eigenvalue weighted by Crippen LogP contribution is 2.37. The maximum atomic E-state index is 12.3. The molecule has 3 aromatic rings. The first-order chi connectivity index (χ1) is 13.8. The van der Waals surface area contributed by atoms with E-state index in [9.17, 15) is 10.1 Å². The number of nitriles is 1. The molecule has 3 rings (SSSR count). The fourth-order valence-electron chi connectivity index (χ4n) is 3.51. The van der Waals surface area contributed by atoms with Crippen molar-refractivity contribution in [2.45, 2.75) is 39.2 Å². The van der Waals surface area contributed by atoms with E-state index in [1.54, 1.807) is 7.11 Å². The zero-order valence-electron chi connectivity index (χ0n) is 17.3. The summed E-state index contributed by atoms with van der Waals surface area (Å²) in [5, 5.41) is 12.0. The van der Waals surface area contributed by atoms with E-state index >= 15 is 0 Å². The molecule has 0 aliphatic carbocycles. The topological polar surface area (TPSA) is 59.3 Å². The summed E-state index contributed by atoms with van der Waals surface area (Å²) in [5.41, 5.74) is 2.56. The number of carbonyl (C=O) groups excluding carboxylic acids is 1. The van der Waals surface area contributed by atoms with Crippen molar-refractivity contribution in [3.05, 3.63) is 65.7 Å². The van der Waals surface area contributed by atoms with Crippen molar-refractivity contribution < 1.29 is 14.3 Å². The molecule has 4 heteroatoms. The number of aryl methyl sites for hydroxylation is 1. The standard InChI is InChI=1S/C25H25NO3/c1-25(2,3)29-24(27)14-13-19-18-10-6-5-9-17(18)15-21(22(19)16-26)20-11-7-8-12-23(20)28-4/h5-12,15H,13-14H2,1-4H3. The van der Waals surface area contributed by atoms with E-state index < -0.39 is 5.60 Å². The number of carbonyl (C=O) groups is 1. The second kappa shape index (κ2) is 8.36. The highest BCUT2D eigenvalue weighted by Gasteiger charge is 2.20. The lowest BCUT2D eigenvalue weighted by Gasteiger charge is -2.20. The van der Waals surface area contributed by atoms with Gasteiger partial charge in [0.1, 0.15) is 17.4 Å². The Balaban J connectivity index is 2.13. The van der Waals surface area contributed by atoms with Crippen LogP contribution in [-0.2, 0) is 16.0 Å². The molecule has 0 radical (unpaired) electrons. The lowest BCUT2D eigenvalue weighted by Crippen LogP contribution is -2.24. The molecule has 0 aromatic heterocycles. The van der Waals surface area contributed by atoms with Crippen LogP contribution in [0, 0.1) is 11.3 Å². The fourth-order valence-corrected chi connectivity index (χ4v) is 3.51. The van der Waals surface area contributed by atoms with Crippen molar-refractivity contribution in [1.29, 1.82) is 5.26 Å². The van der Waals surface area contributed by atoms with Gasteiger partial charge in [-0.2, -0.15) is 5.26 Å². The molecule has 0 fully saturated rings. The molecule has 0 aliphatic heterocycles. The van der Waals surface area contributed by atoms with Crippen LogP contribution < -0.4 is 4.74 Å². The van der Waals surface area contributed by atoms with E-state index in [0.29, 0.717) is 17.7 Å². The molecule has 4 nitrogen and oxygen atoms in total. The quantitative estimate of drug-likeness (QED) is 0.530. The number of para-hydroxylation sites is 1. The number of hydrogen-bond donors (Lipinski definition) is 0. The van der Waals surface area contributed by atoms with Crippen LogP contribution in [0.25, 0.3) is 21.9 Å². The third-order valence-electron chi connectivity index (χ3n) is 4.66. The Morgan fingerprint density at radius 3 is 2.41 bits per heavy atom. The van der Waals surface area contributed by atoms with Crippen molar-refractivity contribution in [3.8, 4) is 22.9 Å². The van der Waals surface area contributed by atoms with Crippen molar-refractivity contribution in [2.75, 3.05) is 7.11 Å². The Bertz CT molecular complexity index is 1090. The predicted molar refractivity (Wildman–Crippen MR) is 115 cm³/mol. The molecule has 0 heterocycles. The summed E-state index contributed by atoms with van der Waals surface area (Å²) in [6.45, 7) is 5.55. The van der Waals surface area contributed by atoms with Gasteiger partial charge in [0.05, 0.1) is 12.7 Å². The summed E-state index contributed by atoms with van der Waals surface area (Å²) in [6, 6.07) is 20.0. The summed E-state index contributed by atoms with van der Waals surface area (Å²) < 4.78 is 11.0. The zero-order chi connectivity index (χ0) is 21.0. The van der Waals surface area contributed by atoms with Gasteiger partial charge >= 0.3 is 5.97 Å². The first-order valence-electron chi connectivity index (χ1n) is 9.64. The predicted octanol–water partition coefficient (Wildman–Crippen LogP) is 5.66. The van der Waals surface area contributed by atoms with Gasteiger partial charge < -0.3 is 9.47 Å². The van der Waals surface area contributed by atoms with E-state index in [1.807, 2.05) is 75.4 Å². The lowest BCUT2D eigenvalue weighted by atomic mass is 9.88. The average molecular weight is 387 g/mol. The number of esters is 1. The van der Waals surface area contributed by atoms with Gasteiger partial charge in [0.15, 0.2) is 0 Å². The normalized spacial score (nSPS) is 11.1. The van der Waals surface area contributed by atoms with Gasteiger partial charge in [0.2, 0.25) is 0 Å². The average Bonchev–Trinajstić information content (AvgIpc) is 2.69. The number of nitrogens with zero attached hydrogens (tertiary/aromatic N) is 1. The number of methoxy groups -OCH3 is 1. The zero-order valence-corrected chi connectivity index (χ0v) is 17.3. The molecular formula is C25H25NO3. The SMILES string of the molecule is COc1ccccc1-c1cc2ccccc2c(CCC(=O)OC(C)(C)C)c1C#N. The summed E-state index contributed by atoms with van der Waals surface area (Å²) in [7, 11) is 1.62. The Kier molecular flexibility index (Phi) is 5.89. The summed E-state index contributed by atoms with van der Waals surface area (Å²) in [6.07, 6.45) is 0.645. The van der Waals surface area contributed by atoms with Crippen LogP contribution in [0.15, 0.2) is 54.6 Å². The fraction of sp³-hybridized carbons (Fsp3) is 0.280. The molecule has 0 saturated carbocycles. The van der Waals surface area contributed by atoms with E-state index in [0.717, 1.165) is 27.5 Å². The Labute approximate surface area is 171 Å². The molecule has 148 valence electrons. The van der Waals surface area contributed by atoms with Crippen molar-refractivity contribution in [2.24, 2.45) is 0 Å². The number of benzene rings is 3. The molecule has 0 bridgehead atoms. The van der Waals surface area contributed by atoms with Gasteiger partial charge in [-0.3, -0.25) is 4.79 Å². The molecular weight excluding hydrogens is 362 g/mol. The summed E-state index contributed by atoms with van der Waals surface area (Å²) >= 11 is 0. The number of rotatable bonds is 5. The second-order valence-corrected chi connectivity index (χ2v) is 7.90. The number of hydrogen-bond acceptors (Lipinski definition) is 4. The third kappa shape index (κ3) is 4.57. The van der Waals surface area contributed by atoms with E-state index in [-0.39, 0.29) is 12.4 Å². The van der Waals surface area contributed by atoms with Gasteiger partial charge in [-0.25, -0.2) is 0 Å². The highest BCUT2D eigenvalue weighted by atomic mass is 16.6. The van der Waals surface area contributed by atoms with E-state index in [4.69, 9.17) is 9.47 Å². The summed E-state index contributed by atoms with van der Waals surface area (Å²) in [5.74, 6) is 0.436. The molecule has 0 unspecified atom stereocenters. The van der Waals surface area contributed by atoms with Gasteiger partial charge in [-0.05, 0) is 55.7 Å². The van der Waals surface area contributed by atoms with Gasteiger partial charge in [0, 0.05) is 17.5 Å². The highest BCUT2D eigenvalue weighted by molar-refractivity contribution is 5.95. The molecule has 0 atom stereocenters. The van der Waals surface area contributed by atoms with Crippen LogP contribution in [0.5, 0.6) is 5.75 Å². The largest absolute Gasteiger partial charge is 0.496 e. The molecule has 0 saturated heterocycles. The first-order valence-corrected chi connectivity index (χ1v) is 9.64. The molecule has 29 heavy (non-hydrogen) atoms. The first kappa shape index (κ1) is 20.4. The van der Waals surface area contributed by atoms with Crippen LogP contribution in [0.4, 0.5) is 0 Å². The maximum Gasteiger partial charge on any atom is 0.306 e. The molecule has 0 amide bonds. The smallest absolute Gasteiger partial charge is 0.306 e. The van der Waals surface area contributed by atoms with Gasteiger partial charge in [0.25, 0.3) is 0 Å². The maximum absolute atomic E-state index is 12.3. The Hall–Kier alpha value is -3.32. The third-order valence-corrected chi connectivity index (χ3v) is 4.66. The van der Waals surface area contributed by atoms with Crippen LogP contribution in [-0.4, -0.2) is 18.7 Å². The number of ether oxygens (including phenoxy) is 2. The summed E-state index contributed by atoms with van der Waals surface area (Å²) in [4.78, 5) is 12.3. The molecule has 0 aliphatic rings. The molecule has 0 spiro atoms. The van der Waals surface area contributed by atoms with Crippen molar-refractivity contribution >= 4 is 16.7 Å². The van der Waals surface area contributed by atoms with E-state index in [2.05, 4.69) is 6.07 Å². The van der Waals surface area contributed by atoms with Crippen LogP contribution in [0.3, 0.4) is 0 Å². The van der Waals surface area contributed by atoms with Crippen LogP contribution in [0.2, 0.25) is 0 Å². The van der Waals surface area contributed by atoms with Gasteiger partial charge in [-0.1, -0.05) is 42.5 Å². The minimum Gasteiger partial charge on any atom is -0.496 e. The van der Waals surface area contributed by atoms with Gasteiger partial charge in [-0.15, -0.1) is 0 Å². The van der Waals surface area contributed by atoms with E-state index in [1.165, 1.54) is 0 Å². The Morgan fingerprint density at radius 2 is 1.72 bits per heavy atom. The Morgan fingerprint density at radius 1 is 1.03 bits per heavy atom. The molecule has 0 N–H and O–H groups in total. The minimum atomic E-state index is -0.531. The lowest BCUT2D eigenvalue weighted by molar-refractivity contribution is -0.154. The van der Waals surface area contributed by atoms with Crippen molar-refractivity contribution in [3.63, 3.8) is 0 Å². The molecule has 3 aromatic carbocycles. The van der Waals surface area contributed by atoms with Crippen molar-refractivity contribution in [1.82, 2.24) is 0 Å². The minimum absolute atomic E-state index is 0.214.